The largest absolute Gasteiger partial charge is 0.444 e. The average molecular weight is 321 g/mol. The van der Waals surface area contributed by atoms with Gasteiger partial charge < -0.3 is 9.84 Å². The highest BCUT2D eigenvalue weighted by atomic mass is 16.6. The summed E-state index contributed by atoms with van der Waals surface area (Å²) in [5.74, 6) is 0.570. The third-order valence-corrected chi connectivity index (χ3v) is 3.09. The van der Waals surface area contributed by atoms with Crippen molar-refractivity contribution in [2.24, 2.45) is 0 Å². The van der Waals surface area contributed by atoms with Crippen LogP contribution in [0.2, 0.25) is 0 Å². The van der Waals surface area contributed by atoms with Crippen LogP contribution < -0.4 is 0 Å². The van der Waals surface area contributed by atoms with Crippen LogP contribution >= 0.6 is 0 Å². The molecule has 1 N–H and O–H groups in total. The summed E-state index contributed by atoms with van der Waals surface area (Å²) in [5.41, 5.74) is 0.937. The molecule has 128 valence electrons. The van der Waals surface area contributed by atoms with Gasteiger partial charge in [-0.2, -0.15) is 0 Å². The number of amides is 1. The summed E-state index contributed by atoms with van der Waals surface area (Å²) >= 11 is 0. The second-order valence-electron chi connectivity index (χ2n) is 6.78. The molecule has 0 spiro atoms. The number of rotatable bonds is 5. The minimum Gasteiger partial charge on any atom is -0.444 e. The number of carbonyl (C=O) groups is 1. The SMILES string of the molecule is C=C(C)c1ncc(C(C)N(C[C@H](C)O)C(=O)OC(C)(C)C)cn1. The lowest BCUT2D eigenvalue weighted by Crippen LogP contribution is -2.42. The van der Waals surface area contributed by atoms with Gasteiger partial charge in [0.25, 0.3) is 0 Å². The Hall–Kier alpha value is -1.95. The lowest BCUT2D eigenvalue weighted by molar-refractivity contribution is 0.00703. The molecule has 23 heavy (non-hydrogen) atoms. The van der Waals surface area contributed by atoms with Crippen LogP contribution in [0.1, 0.15) is 59.0 Å². The second-order valence-corrected chi connectivity index (χ2v) is 6.78. The maximum Gasteiger partial charge on any atom is 0.410 e. The lowest BCUT2D eigenvalue weighted by atomic mass is 10.1. The van der Waals surface area contributed by atoms with Gasteiger partial charge in [-0.3, -0.25) is 4.90 Å². The van der Waals surface area contributed by atoms with E-state index in [0.717, 1.165) is 11.1 Å². The van der Waals surface area contributed by atoms with Gasteiger partial charge in [-0.25, -0.2) is 14.8 Å². The Bertz CT molecular complexity index is 547. The molecule has 1 rings (SSSR count). The minimum atomic E-state index is -0.666. The van der Waals surface area contributed by atoms with Crippen LogP contribution in [0.15, 0.2) is 19.0 Å². The van der Waals surface area contributed by atoms with Crippen LogP contribution in [0.3, 0.4) is 0 Å². The Morgan fingerprint density at radius 3 is 2.26 bits per heavy atom. The predicted octanol–water partition coefficient (Wildman–Crippen LogP) is 3.19. The summed E-state index contributed by atoms with van der Waals surface area (Å²) in [6, 6.07) is -0.321. The number of aliphatic hydroxyl groups excluding tert-OH is 1. The van der Waals surface area contributed by atoms with E-state index in [-0.39, 0.29) is 12.6 Å². The first kappa shape index (κ1) is 19.1. The fourth-order valence-corrected chi connectivity index (χ4v) is 1.95. The van der Waals surface area contributed by atoms with E-state index >= 15 is 0 Å². The van der Waals surface area contributed by atoms with Gasteiger partial charge in [-0.1, -0.05) is 6.58 Å². The number of nitrogens with zero attached hydrogens (tertiary/aromatic N) is 3. The maximum absolute atomic E-state index is 12.4. The van der Waals surface area contributed by atoms with E-state index < -0.39 is 17.8 Å². The first-order valence-electron chi connectivity index (χ1n) is 7.66. The molecule has 0 bridgehead atoms. The maximum atomic E-state index is 12.4. The molecular formula is C17H27N3O3. The van der Waals surface area contributed by atoms with Gasteiger partial charge >= 0.3 is 6.09 Å². The van der Waals surface area contributed by atoms with Gasteiger partial charge in [0, 0.05) is 18.0 Å². The third kappa shape index (κ3) is 5.98. The van der Waals surface area contributed by atoms with Crippen molar-refractivity contribution in [3.8, 4) is 0 Å². The molecule has 0 aromatic carbocycles. The van der Waals surface area contributed by atoms with E-state index in [0.29, 0.717) is 5.82 Å². The highest BCUT2D eigenvalue weighted by molar-refractivity contribution is 5.69. The smallest absolute Gasteiger partial charge is 0.410 e. The number of hydrogen-bond acceptors (Lipinski definition) is 5. The molecule has 1 amide bonds. The van der Waals surface area contributed by atoms with Crippen LogP contribution in [0.25, 0.3) is 5.57 Å². The molecule has 1 unspecified atom stereocenters. The van der Waals surface area contributed by atoms with Gasteiger partial charge in [0.05, 0.1) is 18.7 Å². The standard InChI is InChI=1S/C17H27N3O3/c1-11(2)15-18-8-14(9-19-15)13(4)20(10-12(3)21)16(22)23-17(5,6)7/h8-9,12-13,21H,1,10H2,2-7H3/t12-,13?/m0/s1. The summed E-state index contributed by atoms with van der Waals surface area (Å²) in [5, 5.41) is 9.69. The molecule has 0 saturated heterocycles. The normalized spacial score (nSPS) is 14.0. The number of allylic oxidation sites excluding steroid dienone is 1. The summed E-state index contributed by atoms with van der Waals surface area (Å²) in [6.07, 6.45) is 2.19. The highest BCUT2D eigenvalue weighted by Gasteiger charge is 2.28. The Balaban J connectivity index is 3.01. The van der Waals surface area contributed by atoms with Crippen LogP contribution in [-0.2, 0) is 4.74 Å². The van der Waals surface area contributed by atoms with Crippen LogP contribution in [-0.4, -0.2) is 44.3 Å². The van der Waals surface area contributed by atoms with E-state index in [2.05, 4.69) is 16.5 Å². The van der Waals surface area contributed by atoms with Crippen molar-refractivity contribution >= 4 is 11.7 Å². The molecule has 1 aromatic heterocycles. The number of aliphatic hydroxyl groups is 1. The molecular weight excluding hydrogens is 294 g/mol. The van der Waals surface area contributed by atoms with Gasteiger partial charge in [0.2, 0.25) is 0 Å². The third-order valence-electron chi connectivity index (χ3n) is 3.09. The van der Waals surface area contributed by atoms with Crippen molar-refractivity contribution < 1.29 is 14.6 Å². The number of ether oxygens (including phenoxy) is 1. The van der Waals surface area contributed by atoms with Crippen molar-refractivity contribution in [3.05, 3.63) is 30.4 Å². The topological polar surface area (TPSA) is 75.5 Å². The van der Waals surface area contributed by atoms with Crippen molar-refractivity contribution in [3.63, 3.8) is 0 Å². The predicted molar refractivity (Wildman–Crippen MR) is 89.8 cm³/mol. The second kappa shape index (κ2) is 7.55. The first-order valence-corrected chi connectivity index (χ1v) is 7.66. The van der Waals surface area contributed by atoms with E-state index in [1.54, 1.807) is 40.1 Å². The van der Waals surface area contributed by atoms with E-state index in [9.17, 15) is 9.90 Å². The highest BCUT2D eigenvalue weighted by Crippen LogP contribution is 2.22. The fourth-order valence-electron chi connectivity index (χ4n) is 1.95. The minimum absolute atomic E-state index is 0.165. The summed E-state index contributed by atoms with van der Waals surface area (Å²) < 4.78 is 5.43. The average Bonchev–Trinajstić information content (AvgIpc) is 2.42. The van der Waals surface area contributed by atoms with Crippen molar-refractivity contribution in [1.29, 1.82) is 0 Å². The van der Waals surface area contributed by atoms with Gasteiger partial charge in [-0.15, -0.1) is 0 Å². The van der Waals surface area contributed by atoms with Crippen LogP contribution in [0, 0.1) is 0 Å². The first-order chi connectivity index (χ1) is 10.5. The number of hydrogen-bond donors (Lipinski definition) is 1. The molecule has 0 saturated carbocycles. The van der Waals surface area contributed by atoms with Gasteiger partial charge in [0.15, 0.2) is 5.82 Å². The Kier molecular flexibility index (Phi) is 6.27. The summed E-state index contributed by atoms with van der Waals surface area (Å²) in [6.45, 7) is 14.7. The van der Waals surface area contributed by atoms with Crippen molar-refractivity contribution in [2.75, 3.05) is 6.54 Å². The molecule has 0 aliphatic carbocycles. The molecule has 6 heteroatoms. The van der Waals surface area contributed by atoms with Crippen LogP contribution in [0.5, 0.6) is 0 Å². The number of carbonyl (C=O) groups excluding carboxylic acids is 1. The monoisotopic (exact) mass is 321 g/mol. The van der Waals surface area contributed by atoms with Crippen molar-refractivity contribution in [2.45, 2.75) is 59.3 Å². The van der Waals surface area contributed by atoms with Gasteiger partial charge in [0.1, 0.15) is 5.60 Å². The zero-order valence-electron chi connectivity index (χ0n) is 14.8. The molecule has 0 radical (unpaired) electrons. The molecule has 0 aliphatic heterocycles. The van der Waals surface area contributed by atoms with Gasteiger partial charge in [-0.05, 0) is 47.1 Å². The van der Waals surface area contributed by atoms with E-state index in [1.807, 2.05) is 13.8 Å². The van der Waals surface area contributed by atoms with Crippen molar-refractivity contribution in [1.82, 2.24) is 14.9 Å². The Morgan fingerprint density at radius 1 is 1.35 bits per heavy atom. The Morgan fingerprint density at radius 2 is 1.87 bits per heavy atom. The van der Waals surface area contributed by atoms with E-state index in [1.165, 1.54) is 4.90 Å². The molecule has 1 aromatic rings. The summed E-state index contributed by atoms with van der Waals surface area (Å²) in [4.78, 5) is 22.4. The quantitative estimate of drug-likeness (QED) is 0.901. The molecule has 0 fully saturated rings. The lowest BCUT2D eigenvalue weighted by Gasteiger charge is -2.32. The molecule has 6 nitrogen and oxygen atoms in total. The molecule has 0 aliphatic rings. The fraction of sp³-hybridized carbons (Fsp3) is 0.588. The molecule has 2 atom stereocenters. The Labute approximate surface area is 138 Å². The molecule has 1 heterocycles. The van der Waals surface area contributed by atoms with Crippen LogP contribution in [0.4, 0.5) is 4.79 Å². The zero-order chi connectivity index (χ0) is 17.8. The van der Waals surface area contributed by atoms with E-state index in [4.69, 9.17) is 4.74 Å². The zero-order valence-corrected chi connectivity index (χ0v) is 14.8. The summed E-state index contributed by atoms with van der Waals surface area (Å²) in [7, 11) is 0. The number of aromatic nitrogens is 2.